The minimum atomic E-state index is -0.349. The van der Waals surface area contributed by atoms with Crippen LogP contribution >= 0.6 is 0 Å². The van der Waals surface area contributed by atoms with Crippen molar-refractivity contribution in [3.8, 4) is 5.75 Å². The van der Waals surface area contributed by atoms with Crippen LogP contribution in [-0.2, 0) is 11.3 Å². The monoisotopic (exact) mass is 517 g/mol. The third-order valence-electron chi connectivity index (χ3n) is 6.99. The molecule has 5 rings (SSSR count). The molecule has 9 heteroatoms. The lowest BCUT2D eigenvalue weighted by Crippen LogP contribution is -2.40. The standard InChI is InChI=1S/C29H32FN5O3/c1-19(24-16-21(30)8-14-26(24)38-17-20-6-4-3-5-7-20)32-27-15-13-25-28(34-27)35(18-31-25)29(36)33-22-9-11-23(37-2)12-10-22/h3-8,13-16,18-19,22-23H,9-12,17H2,1-2H3,(H,32,34)(H,33,36)/t19-,22?,23?/m1/s1. The molecule has 0 unspecified atom stereocenters. The van der Waals surface area contributed by atoms with Crippen molar-refractivity contribution < 1.29 is 18.7 Å². The molecule has 1 fully saturated rings. The third kappa shape index (κ3) is 5.94. The molecule has 4 aromatic rings. The zero-order valence-electron chi connectivity index (χ0n) is 21.6. The van der Waals surface area contributed by atoms with Gasteiger partial charge in [0.25, 0.3) is 0 Å². The molecule has 0 spiro atoms. The number of pyridine rings is 1. The van der Waals surface area contributed by atoms with Gasteiger partial charge >= 0.3 is 6.03 Å². The zero-order chi connectivity index (χ0) is 26.5. The van der Waals surface area contributed by atoms with Crippen LogP contribution in [0.3, 0.4) is 0 Å². The fraction of sp³-hybridized carbons (Fsp3) is 0.345. The highest BCUT2D eigenvalue weighted by molar-refractivity contribution is 5.87. The summed E-state index contributed by atoms with van der Waals surface area (Å²) >= 11 is 0. The first-order valence-electron chi connectivity index (χ1n) is 12.9. The van der Waals surface area contributed by atoms with Gasteiger partial charge in [0.1, 0.15) is 35.8 Å². The minimum absolute atomic E-state index is 0.0926. The number of carbonyl (C=O) groups is 1. The van der Waals surface area contributed by atoms with Crippen LogP contribution in [0.5, 0.6) is 5.75 Å². The summed E-state index contributed by atoms with van der Waals surface area (Å²) in [6, 6.07) is 17.4. The molecule has 8 nitrogen and oxygen atoms in total. The Bertz CT molecular complexity index is 1390. The highest BCUT2D eigenvalue weighted by atomic mass is 19.1. The Labute approximate surface area is 221 Å². The van der Waals surface area contributed by atoms with Gasteiger partial charge in [-0.15, -0.1) is 0 Å². The second-order valence-electron chi connectivity index (χ2n) is 9.64. The van der Waals surface area contributed by atoms with Crippen molar-refractivity contribution in [3.05, 3.63) is 83.9 Å². The Balaban J connectivity index is 1.30. The van der Waals surface area contributed by atoms with E-state index < -0.39 is 0 Å². The van der Waals surface area contributed by atoms with Crippen LogP contribution in [0.4, 0.5) is 15.0 Å². The van der Waals surface area contributed by atoms with Gasteiger partial charge in [0.15, 0.2) is 5.65 Å². The van der Waals surface area contributed by atoms with Crippen LogP contribution in [0.2, 0.25) is 0 Å². The summed E-state index contributed by atoms with van der Waals surface area (Å²) in [4.78, 5) is 22.0. The molecule has 2 aromatic carbocycles. The lowest BCUT2D eigenvalue weighted by molar-refractivity contribution is 0.0636. The average Bonchev–Trinajstić information content (AvgIpc) is 3.37. The van der Waals surface area contributed by atoms with Gasteiger partial charge in [-0.25, -0.2) is 23.7 Å². The Morgan fingerprint density at radius 3 is 2.66 bits per heavy atom. The Morgan fingerprint density at radius 2 is 1.89 bits per heavy atom. The van der Waals surface area contributed by atoms with E-state index in [0.29, 0.717) is 34.9 Å². The maximum absolute atomic E-state index is 14.2. The Hall–Kier alpha value is -3.98. The number of hydrogen-bond acceptors (Lipinski definition) is 6. The third-order valence-corrected chi connectivity index (χ3v) is 6.99. The number of amides is 1. The van der Waals surface area contributed by atoms with Crippen LogP contribution in [-0.4, -0.2) is 39.8 Å². The van der Waals surface area contributed by atoms with Gasteiger partial charge in [-0.1, -0.05) is 30.3 Å². The largest absolute Gasteiger partial charge is 0.489 e. The normalized spacial score (nSPS) is 18.2. The van der Waals surface area contributed by atoms with Gasteiger partial charge in [0.05, 0.1) is 12.1 Å². The van der Waals surface area contributed by atoms with Gasteiger partial charge in [0.2, 0.25) is 0 Å². The molecule has 1 atom stereocenters. The zero-order valence-corrected chi connectivity index (χ0v) is 21.6. The predicted octanol–water partition coefficient (Wildman–Crippen LogP) is 5.84. The summed E-state index contributed by atoms with van der Waals surface area (Å²) < 4.78 is 27.1. The summed E-state index contributed by atoms with van der Waals surface area (Å²) in [5, 5.41) is 6.42. The molecule has 0 radical (unpaired) electrons. The number of nitrogens with zero attached hydrogens (tertiary/aromatic N) is 3. The molecule has 198 valence electrons. The number of anilines is 1. The second kappa shape index (κ2) is 11.6. The number of ether oxygens (including phenoxy) is 2. The topological polar surface area (TPSA) is 90.3 Å². The number of aromatic nitrogens is 3. The molecular formula is C29H32FN5O3. The number of fused-ring (bicyclic) bond motifs is 1. The predicted molar refractivity (Wildman–Crippen MR) is 144 cm³/mol. The summed E-state index contributed by atoms with van der Waals surface area (Å²) in [5.74, 6) is 0.778. The highest BCUT2D eigenvalue weighted by Crippen LogP contribution is 2.30. The summed E-state index contributed by atoms with van der Waals surface area (Å²) in [7, 11) is 1.73. The molecule has 0 bridgehead atoms. The van der Waals surface area contributed by atoms with E-state index in [9.17, 15) is 9.18 Å². The van der Waals surface area contributed by atoms with Gasteiger partial charge in [0, 0.05) is 18.7 Å². The number of carbonyl (C=O) groups excluding carboxylic acids is 1. The smallest absolute Gasteiger partial charge is 0.328 e. The maximum Gasteiger partial charge on any atom is 0.328 e. The second-order valence-corrected chi connectivity index (χ2v) is 9.64. The molecule has 1 saturated carbocycles. The van der Waals surface area contributed by atoms with Crippen LogP contribution in [0.15, 0.2) is 67.0 Å². The number of nitrogens with one attached hydrogen (secondary N) is 2. The van der Waals surface area contributed by atoms with E-state index in [1.54, 1.807) is 19.2 Å². The first kappa shape index (κ1) is 25.7. The molecule has 1 amide bonds. The fourth-order valence-electron chi connectivity index (χ4n) is 4.83. The summed E-state index contributed by atoms with van der Waals surface area (Å²) in [6.45, 7) is 2.29. The van der Waals surface area contributed by atoms with Crippen LogP contribution < -0.4 is 15.4 Å². The number of halogens is 1. The minimum Gasteiger partial charge on any atom is -0.489 e. The van der Waals surface area contributed by atoms with Crippen molar-refractivity contribution in [3.63, 3.8) is 0 Å². The van der Waals surface area contributed by atoms with Gasteiger partial charge in [-0.3, -0.25) is 0 Å². The van der Waals surface area contributed by atoms with Crippen LogP contribution in [0.1, 0.15) is 49.8 Å². The highest BCUT2D eigenvalue weighted by Gasteiger charge is 2.23. The number of imidazole rings is 1. The van der Waals surface area contributed by atoms with Crippen molar-refractivity contribution >= 4 is 23.0 Å². The summed E-state index contributed by atoms with van der Waals surface area (Å²) in [6.07, 6.45) is 5.34. The average molecular weight is 518 g/mol. The van der Waals surface area contributed by atoms with Gasteiger partial charge in [-0.05, 0) is 68.5 Å². The Morgan fingerprint density at radius 1 is 1.11 bits per heavy atom. The molecule has 0 saturated heterocycles. The number of benzene rings is 2. The van der Waals surface area contributed by atoms with Gasteiger partial charge in [-0.2, -0.15) is 0 Å². The maximum atomic E-state index is 14.2. The van der Waals surface area contributed by atoms with E-state index >= 15 is 0 Å². The molecule has 1 aliphatic rings. The van der Waals surface area contributed by atoms with E-state index in [-0.39, 0.29) is 30.0 Å². The number of hydrogen-bond donors (Lipinski definition) is 2. The molecule has 0 aliphatic heterocycles. The van der Waals surface area contributed by atoms with Gasteiger partial charge < -0.3 is 20.1 Å². The molecule has 2 heterocycles. The SMILES string of the molecule is COC1CCC(NC(=O)n2cnc3ccc(N[C@H](C)c4cc(F)ccc4OCc4ccccc4)nc32)CC1. The molecular weight excluding hydrogens is 485 g/mol. The molecule has 2 aromatic heterocycles. The van der Waals surface area contributed by atoms with Crippen molar-refractivity contribution in [2.24, 2.45) is 0 Å². The Kier molecular flexibility index (Phi) is 7.83. The fourth-order valence-corrected chi connectivity index (χ4v) is 4.83. The molecule has 38 heavy (non-hydrogen) atoms. The van der Waals surface area contributed by atoms with E-state index in [1.165, 1.54) is 23.0 Å². The first-order valence-corrected chi connectivity index (χ1v) is 12.9. The van der Waals surface area contributed by atoms with E-state index in [0.717, 1.165) is 31.2 Å². The first-order chi connectivity index (χ1) is 18.5. The van der Waals surface area contributed by atoms with E-state index in [2.05, 4.69) is 20.6 Å². The van der Waals surface area contributed by atoms with Crippen molar-refractivity contribution in [1.82, 2.24) is 19.9 Å². The number of rotatable bonds is 8. The van der Waals surface area contributed by atoms with Crippen molar-refractivity contribution in [2.45, 2.75) is 57.4 Å². The van der Waals surface area contributed by atoms with Crippen LogP contribution in [0, 0.1) is 5.82 Å². The number of methoxy groups -OCH3 is 1. The molecule has 1 aliphatic carbocycles. The lowest BCUT2D eigenvalue weighted by Gasteiger charge is -2.28. The van der Waals surface area contributed by atoms with Crippen LogP contribution in [0.25, 0.3) is 11.2 Å². The lowest BCUT2D eigenvalue weighted by atomic mass is 9.93. The van der Waals surface area contributed by atoms with E-state index in [4.69, 9.17) is 9.47 Å². The van der Waals surface area contributed by atoms with Crippen molar-refractivity contribution in [2.75, 3.05) is 12.4 Å². The van der Waals surface area contributed by atoms with E-state index in [1.807, 2.05) is 43.3 Å². The van der Waals surface area contributed by atoms with Crippen molar-refractivity contribution in [1.29, 1.82) is 0 Å². The molecule has 2 N–H and O–H groups in total. The summed E-state index contributed by atoms with van der Waals surface area (Å²) in [5.41, 5.74) is 2.75. The quantitative estimate of drug-likeness (QED) is 0.305.